The smallest absolute Gasteiger partial charge is 0.0799 e. The average molecular weight is 302 g/mol. The van der Waals surface area contributed by atoms with E-state index in [1.54, 1.807) is 0 Å². The first-order valence-corrected chi connectivity index (χ1v) is 7.26. The van der Waals surface area contributed by atoms with Gasteiger partial charge in [0, 0.05) is 32.0 Å². The van der Waals surface area contributed by atoms with Crippen molar-refractivity contribution in [2.24, 2.45) is 7.05 Å². The third-order valence-electron chi connectivity index (χ3n) is 3.17. The van der Waals surface area contributed by atoms with Crippen LogP contribution in [0.5, 0.6) is 0 Å². The third kappa shape index (κ3) is 3.30. The molecule has 0 radical (unpaired) electrons. The van der Waals surface area contributed by atoms with Crippen LogP contribution in [0, 0.1) is 0 Å². The summed E-state index contributed by atoms with van der Waals surface area (Å²) in [6.07, 6.45) is 1.32. The fraction of sp³-hybridized carbons (Fsp3) is 0.750. The second-order valence-electron chi connectivity index (χ2n) is 4.49. The highest BCUT2D eigenvalue weighted by molar-refractivity contribution is 9.09. The van der Waals surface area contributed by atoms with Crippen LogP contribution in [0.3, 0.4) is 0 Å². The third-order valence-corrected chi connectivity index (χ3v) is 3.89. The molecule has 1 aromatic rings. The predicted octanol–water partition coefficient (Wildman–Crippen LogP) is 1.58. The van der Waals surface area contributed by atoms with E-state index in [-0.39, 0.29) is 0 Å². The number of hydrogen-bond donors (Lipinski definition) is 0. The lowest BCUT2D eigenvalue weighted by molar-refractivity contribution is -0.0188. The van der Waals surface area contributed by atoms with Crippen molar-refractivity contribution in [3.8, 4) is 0 Å². The highest BCUT2D eigenvalue weighted by atomic mass is 79.9. The molecule has 1 atom stereocenters. The maximum absolute atomic E-state index is 5.64. The normalized spacial score (nSPS) is 21.9. The lowest BCUT2D eigenvalue weighted by atomic mass is 10.2. The van der Waals surface area contributed by atoms with Crippen LogP contribution in [0.4, 0.5) is 0 Å². The van der Waals surface area contributed by atoms with Crippen LogP contribution in [-0.2, 0) is 24.8 Å². The van der Waals surface area contributed by atoms with E-state index in [2.05, 4.69) is 38.9 Å². The van der Waals surface area contributed by atoms with Gasteiger partial charge in [0.05, 0.1) is 24.1 Å². The molecule has 0 bridgehead atoms. The largest absolute Gasteiger partial charge is 0.375 e. The molecule has 96 valence electrons. The van der Waals surface area contributed by atoms with Gasteiger partial charge >= 0.3 is 0 Å². The molecule has 1 unspecified atom stereocenters. The molecule has 0 N–H and O–H groups in total. The summed E-state index contributed by atoms with van der Waals surface area (Å²) in [4.78, 5) is 2.44. The molecule has 2 heterocycles. The van der Waals surface area contributed by atoms with Gasteiger partial charge < -0.3 is 4.74 Å². The number of nitrogens with zero attached hydrogens (tertiary/aromatic N) is 3. The highest BCUT2D eigenvalue weighted by Crippen LogP contribution is 2.12. The molecule has 0 aromatic carbocycles. The summed E-state index contributed by atoms with van der Waals surface area (Å²) in [6.45, 7) is 5.95. The van der Waals surface area contributed by atoms with Gasteiger partial charge in [-0.05, 0) is 12.5 Å². The molecule has 0 amide bonds. The molecule has 1 fully saturated rings. The van der Waals surface area contributed by atoms with Gasteiger partial charge in [0.25, 0.3) is 0 Å². The van der Waals surface area contributed by atoms with Crippen molar-refractivity contribution in [2.75, 3.05) is 25.0 Å². The van der Waals surface area contributed by atoms with E-state index in [0.29, 0.717) is 6.10 Å². The minimum atomic E-state index is 0.322. The fourth-order valence-electron chi connectivity index (χ4n) is 2.14. The fourth-order valence-corrected chi connectivity index (χ4v) is 2.53. The molecule has 2 rings (SSSR count). The average Bonchev–Trinajstić information content (AvgIpc) is 2.70. The summed E-state index contributed by atoms with van der Waals surface area (Å²) in [5.74, 6) is 0. The van der Waals surface area contributed by atoms with Gasteiger partial charge in [0.15, 0.2) is 0 Å². The van der Waals surface area contributed by atoms with Gasteiger partial charge in [0.1, 0.15) is 0 Å². The van der Waals surface area contributed by atoms with Crippen molar-refractivity contribution < 1.29 is 4.74 Å². The molecular formula is C12H20BrN3O. The van der Waals surface area contributed by atoms with E-state index < -0.39 is 0 Å². The van der Waals surface area contributed by atoms with Crippen LogP contribution in [0.25, 0.3) is 0 Å². The van der Waals surface area contributed by atoms with Crippen LogP contribution >= 0.6 is 15.9 Å². The minimum absolute atomic E-state index is 0.322. The quantitative estimate of drug-likeness (QED) is 0.791. The van der Waals surface area contributed by atoms with Crippen molar-refractivity contribution in [1.29, 1.82) is 0 Å². The van der Waals surface area contributed by atoms with E-state index in [0.717, 1.165) is 38.0 Å². The number of aromatic nitrogens is 2. The Kier molecular flexibility index (Phi) is 4.59. The van der Waals surface area contributed by atoms with Crippen LogP contribution in [0.1, 0.15) is 18.3 Å². The molecule has 4 nitrogen and oxygen atoms in total. The Morgan fingerprint density at radius 1 is 1.59 bits per heavy atom. The monoisotopic (exact) mass is 301 g/mol. The first-order valence-electron chi connectivity index (χ1n) is 6.14. The van der Waals surface area contributed by atoms with Gasteiger partial charge in [-0.3, -0.25) is 9.58 Å². The molecule has 1 aliphatic heterocycles. The standard InChI is InChI=1S/C12H20BrN3O/c1-3-10-6-11(15(2)14-10)8-16-4-5-17-12(7-13)9-16/h6,12H,3-5,7-9H2,1-2H3. The van der Waals surface area contributed by atoms with Gasteiger partial charge in [0.2, 0.25) is 0 Å². The molecule has 0 aliphatic carbocycles. The summed E-state index contributed by atoms with van der Waals surface area (Å²) < 4.78 is 7.64. The number of halogens is 1. The Morgan fingerprint density at radius 2 is 2.41 bits per heavy atom. The molecule has 5 heteroatoms. The molecule has 17 heavy (non-hydrogen) atoms. The maximum atomic E-state index is 5.64. The van der Waals surface area contributed by atoms with Gasteiger partial charge in [-0.2, -0.15) is 5.10 Å². The maximum Gasteiger partial charge on any atom is 0.0799 e. The highest BCUT2D eigenvalue weighted by Gasteiger charge is 2.20. The molecule has 1 aromatic heterocycles. The molecule has 1 aliphatic rings. The van der Waals surface area contributed by atoms with E-state index in [1.165, 1.54) is 11.4 Å². The van der Waals surface area contributed by atoms with Crippen molar-refractivity contribution in [2.45, 2.75) is 26.0 Å². The van der Waals surface area contributed by atoms with Crippen LogP contribution in [0.15, 0.2) is 6.07 Å². The number of morpholine rings is 1. The van der Waals surface area contributed by atoms with Gasteiger partial charge in [-0.25, -0.2) is 0 Å². The van der Waals surface area contributed by atoms with Crippen molar-refractivity contribution in [3.05, 3.63) is 17.5 Å². The Labute approximate surface area is 111 Å². The predicted molar refractivity (Wildman–Crippen MR) is 71.4 cm³/mol. The lowest BCUT2D eigenvalue weighted by Crippen LogP contribution is -2.42. The molecule has 0 spiro atoms. The first kappa shape index (κ1) is 13.1. The van der Waals surface area contributed by atoms with Gasteiger partial charge in [-0.15, -0.1) is 0 Å². The first-order chi connectivity index (χ1) is 8.22. The van der Waals surface area contributed by atoms with Crippen molar-refractivity contribution in [3.63, 3.8) is 0 Å². The second-order valence-corrected chi connectivity index (χ2v) is 5.13. The summed E-state index contributed by atoms with van der Waals surface area (Å²) in [7, 11) is 2.02. The Balaban J connectivity index is 1.97. The van der Waals surface area contributed by atoms with Crippen molar-refractivity contribution >= 4 is 15.9 Å². The van der Waals surface area contributed by atoms with Crippen LogP contribution < -0.4 is 0 Å². The van der Waals surface area contributed by atoms with Gasteiger partial charge in [-0.1, -0.05) is 22.9 Å². The topological polar surface area (TPSA) is 30.3 Å². The minimum Gasteiger partial charge on any atom is -0.375 e. The zero-order chi connectivity index (χ0) is 12.3. The van der Waals surface area contributed by atoms with E-state index in [4.69, 9.17) is 4.74 Å². The second kappa shape index (κ2) is 5.98. The number of ether oxygens (including phenoxy) is 1. The Hall–Kier alpha value is -0.390. The number of alkyl halides is 1. The molecule has 0 saturated carbocycles. The van der Waals surface area contributed by atoms with E-state index in [9.17, 15) is 0 Å². The number of hydrogen-bond acceptors (Lipinski definition) is 3. The number of rotatable bonds is 4. The van der Waals surface area contributed by atoms with Crippen molar-refractivity contribution in [1.82, 2.24) is 14.7 Å². The lowest BCUT2D eigenvalue weighted by Gasteiger charge is -2.31. The SMILES string of the molecule is CCc1cc(CN2CCOC(CBr)C2)n(C)n1. The summed E-state index contributed by atoms with van der Waals surface area (Å²) in [6, 6.07) is 2.21. The molecule has 1 saturated heterocycles. The summed E-state index contributed by atoms with van der Waals surface area (Å²) in [5, 5.41) is 5.40. The van der Waals surface area contributed by atoms with E-state index in [1.807, 2.05) is 11.7 Å². The zero-order valence-corrected chi connectivity index (χ0v) is 12.1. The Bertz CT molecular complexity index is 367. The van der Waals surface area contributed by atoms with E-state index >= 15 is 0 Å². The van der Waals surface area contributed by atoms with Crippen LogP contribution in [-0.4, -0.2) is 45.8 Å². The summed E-state index contributed by atoms with van der Waals surface area (Å²) in [5.41, 5.74) is 2.46. The Morgan fingerprint density at radius 3 is 3.06 bits per heavy atom. The summed E-state index contributed by atoms with van der Waals surface area (Å²) >= 11 is 3.48. The number of aryl methyl sites for hydroxylation is 2. The molecular weight excluding hydrogens is 282 g/mol. The van der Waals surface area contributed by atoms with Crippen LogP contribution in [0.2, 0.25) is 0 Å². The zero-order valence-electron chi connectivity index (χ0n) is 10.5.